The van der Waals surface area contributed by atoms with Crippen LogP contribution in [0.25, 0.3) is 0 Å². The molecule has 7 heteroatoms. The zero-order chi connectivity index (χ0) is 23.5. The number of thiophene rings is 1. The van der Waals surface area contributed by atoms with Gasteiger partial charge in [-0.2, -0.15) is 5.10 Å². The molecule has 0 radical (unpaired) electrons. The molecule has 2 aliphatic rings. The summed E-state index contributed by atoms with van der Waals surface area (Å²) in [4.78, 5) is 1.20. The van der Waals surface area contributed by atoms with Crippen molar-refractivity contribution in [2.24, 2.45) is 5.10 Å². The number of benzene rings is 2. The van der Waals surface area contributed by atoms with Crippen molar-refractivity contribution < 1.29 is 14.2 Å². The van der Waals surface area contributed by atoms with E-state index in [-0.39, 0.29) is 12.3 Å². The molecule has 34 heavy (non-hydrogen) atoms. The maximum atomic E-state index is 6.52. The average Bonchev–Trinajstić information content (AvgIpc) is 3.54. The molecular formula is C27H29BrN2O3S. The first-order chi connectivity index (χ1) is 16.7. The predicted molar refractivity (Wildman–Crippen MR) is 140 cm³/mol. The molecule has 3 aromatic rings. The molecule has 3 heterocycles. The Bertz CT molecular complexity index is 1160. The van der Waals surface area contributed by atoms with Gasteiger partial charge in [0.1, 0.15) is 5.75 Å². The lowest BCUT2D eigenvalue weighted by molar-refractivity contribution is -0.0192. The molecule has 2 atom stereocenters. The molecule has 0 saturated heterocycles. The number of nitrogens with zero attached hydrogens (tertiary/aromatic N) is 2. The Morgan fingerprint density at radius 2 is 2.03 bits per heavy atom. The predicted octanol–water partition coefficient (Wildman–Crippen LogP) is 7.72. The molecular weight excluding hydrogens is 512 g/mol. The van der Waals surface area contributed by atoms with Crippen molar-refractivity contribution in [3.63, 3.8) is 0 Å². The highest BCUT2D eigenvalue weighted by atomic mass is 79.9. The zero-order valence-corrected chi connectivity index (χ0v) is 21.9. The van der Waals surface area contributed by atoms with Crippen molar-refractivity contribution in [2.75, 3.05) is 13.7 Å². The van der Waals surface area contributed by atoms with E-state index < -0.39 is 0 Å². The Morgan fingerprint density at radius 1 is 1.12 bits per heavy atom. The van der Waals surface area contributed by atoms with E-state index in [0.717, 1.165) is 51.4 Å². The molecule has 0 saturated carbocycles. The lowest BCUT2D eigenvalue weighted by Gasteiger charge is -2.38. The summed E-state index contributed by atoms with van der Waals surface area (Å²) < 4.78 is 19.3. The SMILES string of the molecule is CCCCCCOc1ccc([C@@H]2Oc3ccc(Br)cc3[C@@H]3CC(c4cccs4)=NN32)cc1OC. The maximum Gasteiger partial charge on any atom is 0.214 e. The van der Waals surface area contributed by atoms with Crippen LogP contribution in [0.5, 0.6) is 17.2 Å². The van der Waals surface area contributed by atoms with Crippen LogP contribution in [-0.4, -0.2) is 24.4 Å². The monoisotopic (exact) mass is 540 g/mol. The molecule has 1 aromatic heterocycles. The van der Waals surface area contributed by atoms with Gasteiger partial charge in [0.2, 0.25) is 6.23 Å². The number of halogens is 1. The molecule has 0 bridgehead atoms. The number of ether oxygens (including phenoxy) is 3. The Balaban J connectivity index is 1.44. The fraction of sp³-hybridized carbons (Fsp3) is 0.370. The van der Waals surface area contributed by atoms with Crippen molar-refractivity contribution in [3.8, 4) is 17.2 Å². The summed E-state index contributed by atoms with van der Waals surface area (Å²) in [7, 11) is 1.68. The van der Waals surface area contributed by atoms with Crippen molar-refractivity contribution in [1.29, 1.82) is 0 Å². The highest BCUT2D eigenvalue weighted by molar-refractivity contribution is 9.10. The van der Waals surface area contributed by atoms with Gasteiger partial charge < -0.3 is 14.2 Å². The quantitative estimate of drug-likeness (QED) is 0.260. The molecule has 0 N–H and O–H groups in total. The van der Waals surface area contributed by atoms with Crippen LogP contribution in [0, 0.1) is 0 Å². The summed E-state index contributed by atoms with van der Waals surface area (Å²) in [6.45, 7) is 2.91. The van der Waals surface area contributed by atoms with E-state index in [2.05, 4.69) is 57.5 Å². The minimum Gasteiger partial charge on any atom is -0.493 e. The van der Waals surface area contributed by atoms with Gasteiger partial charge in [-0.1, -0.05) is 48.2 Å². The summed E-state index contributed by atoms with van der Waals surface area (Å²) >= 11 is 5.35. The average molecular weight is 542 g/mol. The van der Waals surface area contributed by atoms with Crippen LogP contribution in [-0.2, 0) is 0 Å². The second-order valence-electron chi connectivity index (χ2n) is 8.60. The third kappa shape index (κ3) is 4.68. The van der Waals surface area contributed by atoms with Crippen LogP contribution in [0.2, 0.25) is 0 Å². The van der Waals surface area contributed by atoms with Gasteiger partial charge in [-0.3, -0.25) is 0 Å². The molecule has 178 valence electrons. The van der Waals surface area contributed by atoms with E-state index >= 15 is 0 Å². The molecule has 5 rings (SSSR count). The standard InChI is InChI=1S/C27H29BrN2O3S/c1-3-4-5-6-13-32-24-11-9-18(15-25(24)31-2)27-30-22(17-21(29-30)26-8-7-14-34-26)20-16-19(28)10-12-23(20)33-27/h7-12,14-16,22,27H,3-6,13,17H2,1-2H3/t22-,27-/m0/s1. The smallest absolute Gasteiger partial charge is 0.214 e. The Morgan fingerprint density at radius 3 is 2.82 bits per heavy atom. The third-order valence-electron chi connectivity index (χ3n) is 6.29. The van der Waals surface area contributed by atoms with Crippen LogP contribution < -0.4 is 14.2 Å². The second kappa shape index (κ2) is 10.4. The van der Waals surface area contributed by atoms with Crippen LogP contribution in [0.15, 0.2) is 63.5 Å². The highest BCUT2D eigenvalue weighted by Gasteiger charge is 2.41. The van der Waals surface area contributed by atoms with E-state index in [9.17, 15) is 0 Å². The molecule has 5 nitrogen and oxygen atoms in total. The summed E-state index contributed by atoms with van der Waals surface area (Å²) in [5, 5.41) is 9.24. The molecule has 0 spiro atoms. The minimum atomic E-state index is -0.344. The fourth-order valence-corrected chi connectivity index (χ4v) is 5.64. The molecule has 0 unspecified atom stereocenters. The lowest BCUT2D eigenvalue weighted by atomic mass is 9.97. The summed E-state index contributed by atoms with van der Waals surface area (Å²) in [5.74, 6) is 2.38. The number of rotatable bonds is 9. The Kier molecular flexibility index (Phi) is 7.11. The molecule has 0 amide bonds. The van der Waals surface area contributed by atoms with Crippen molar-refractivity contribution in [2.45, 2.75) is 51.3 Å². The largest absolute Gasteiger partial charge is 0.493 e. The van der Waals surface area contributed by atoms with E-state index in [1.807, 2.05) is 24.3 Å². The first-order valence-corrected chi connectivity index (χ1v) is 13.5. The maximum absolute atomic E-state index is 6.52. The van der Waals surface area contributed by atoms with Gasteiger partial charge in [0.25, 0.3) is 0 Å². The Hall–Kier alpha value is -2.51. The summed E-state index contributed by atoms with van der Waals surface area (Å²) in [5.41, 5.74) is 3.24. The number of methoxy groups -OCH3 is 1. The first kappa shape index (κ1) is 23.2. The third-order valence-corrected chi connectivity index (χ3v) is 7.70. The van der Waals surface area contributed by atoms with Crippen LogP contribution in [0.1, 0.15) is 67.3 Å². The topological polar surface area (TPSA) is 43.3 Å². The number of hydrogen-bond donors (Lipinski definition) is 0. The zero-order valence-electron chi connectivity index (χ0n) is 19.5. The first-order valence-electron chi connectivity index (χ1n) is 11.8. The van der Waals surface area contributed by atoms with Gasteiger partial charge in [-0.05, 0) is 54.3 Å². The van der Waals surface area contributed by atoms with Gasteiger partial charge in [0, 0.05) is 22.0 Å². The number of unbranched alkanes of at least 4 members (excludes halogenated alkanes) is 3. The van der Waals surface area contributed by atoms with Gasteiger partial charge in [-0.15, -0.1) is 11.3 Å². The van der Waals surface area contributed by atoms with Gasteiger partial charge in [0.05, 0.1) is 30.3 Å². The van der Waals surface area contributed by atoms with Gasteiger partial charge in [-0.25, -0.2) is 5.01 Å². The van der Waals surface area contributed by atoms with E-state index in [1.165, 1.54) is 24.1 Å². The summed E-state index contributed by atoms with van der Waals surface area (Å²) in [6.07, 6.45) is 5.19. The summed E-state index contributed by atoms with van der Waals surface area (Å²) in [6, 6.07) is 16.6. The van der Waals surface area contributed by atoms with Gasteiger partial charge in [0.15, 0.2) is 11.5 Å². The normalized spacial score (nSPS) is 18.7. The number of hydrogen-bond acceptors (Lipinski definition) is 6. The second-order valence-corrected chi connectivity index (χ2v) is 10.5. The van der Waals surface area contributed by atoms with Crippen LogP contribution in [0.4, 0.5) is 0 Å². The van der Waals surface area contributed by atoms with Crippen molar-refractivity contribution in [3.05, 3.63) is 74.4 Å². The molecule has 2 aliphatic heterocycles. The van der Waals surface area contributed by atoms with E-state index in [0.29, 0.717) is 6.61 Å². The van der Waals surface area contributed by atoms with E-state index in [4.69, 9.17) is 19.3 Å². The minimum absolute atomic E-state index is 0.115. The van der Waals surface area contributed by atoms with E-state index in [1.54, 1.807) is 18.4 Å². The number of hydrazone groups is 1. The van der Waals surface area contributed by atoms with Crippen molar-refractivity contribution >= 4 is 33.0 Å². The molecule has 0 fully saturated rings. The molecule has 0 aliphatic carbocycles. The fourth-order valence-electron chi connectivity index (χ4n) is 4.54. The lowest BCUT2D eigenvalue weighted by Crippen LogP contribution is -2.33. The molecule has 2 aromatic carbocycles. The van der Waals surface area contributed by atoms with Crippen molar-refractivity contribution in [1.82, 2.24) is 5.01 Å². The number of fused-ring (bicyclic) bond motifs is 3. The van der Waals surface area contributed by atoms with Crippen LogP contribution in [0.3, 0.4) is 0 Å². The van der Waals surface area contributed by atoms with Gasteiger partial charge >= 0.3 is 0 Å². The Labute approximate surface area is 213 Å². The highest BCUT2D eigenvalue weighted by Crippen LogP contribution is 2.49. The van der Waals surface area contributed by atoms with Crippen LogP contribution >= 0.6 is 27.3 Å².